The van der Waals surface area contributed by atoms with Gasteiger partial charge < -0.3 is 5.32 Å². The molecule has 1 fully saturated rings. The summed E-state index contributed by atoms with van der Waals surface area (Å²) in [5.41, 5.74) is 1.79. The van der Waals surface area contributed by atoms with Crippen LogP contribution in [0.25, 0.3) is 0 Å². The van der Waals surface area contributed by atoms with E-state index >= 15 is 0 Å². The highest BCUT2D eigenvalue weighted by Crippen LogP contribution is 2.72. The molecule has 100 valence electrons. The lowest BCUT2D eigenvalue weighted by Crippen LogP contribution is -2.21. The van der Waals surface area contributed by atoms with Crippen molar-refractivity contribution in [2.45, 2.75) is 33.7 Å². The van der Waals surface area contributed by atoms with E-state index in [0.717, 1.165) is 10.6 Å². The first kappa shape index (κ1) is 14.2. The first-order chi connectivity index (χ1) is 8.23. The minimum absolute atomic E-state index is 0.278. The molecule has 0 bridgehead atoms. The molecule has 0 spiro atoms. The van der Waals surface area contributed by atoms with Gasteiger partial charge in [0.05, 0.1) is 0 Å². The zero-order valence-corrected chi connectivity index (χ0v) is 13.2. The molecule has 0 radical (unpaired) electrons. The second-order valence-electron chi connectivity index (χ2n) is 6.35. The third-order valence-corrected chi connectivity index (χ3v) is 5.64. The van der Waals surface area contributed by atoms with Gasteiger partial charge in [0, 0.05) is 16.1 Å². The van der Waals surface area contributed by atoms with Gasteiger partial charge in [0.15, 0.2) is 0 Å². The van der Waals surface area contributed by atoms with Gasteiger partial charge >= 0.3 is 0 Å². The number of halogens is 2. The molecule has 2 rings (SSSR count). The Morgan fingerprint density at radius 2 is 1.67 bits per heavy atom. The van der Waals surface area contributed by atoms with Gasteiger partial charge in [-0.25, -0.2) is 0 Å². The molecule has 1 aromatic carbocycles. The van der Waals surface area contributed by atoms with E-state index in [9.17, 15) is 0 Å². The molecule has 1 aliphatic rings. The number of hydrogen-bond acceptors (Lipinski definition) is 1. The van der Waals surface area contributed by atoms with Gasteiger partial charge in [0.1, 0.15) is 0 Å². The zero-order chi connectivity index (χ0) is 13.7. The summed E-state index contributed by atoms with van der Waals surface area (Å²) in [5, 5.41) is 4.86. The van der Waals surface area contributed by atoms with Crippen LogP contribution in [0.3, 0.4) is 0 Å². The number of nitrogens with one attached hydrogen (secondary N) is 1. The molecule has 0 aliphatic heterocycles. The molecule has 1 unspecified atom stereocenters. The van der Waals surface area contributed by atoms with Crippen LogP contribution in [0.1, 0.15) is 39.3 Å². The third-order valence-electron chi connectivity index (χ3n) is 5.07. The van der Waals surface area contributed by atoms with Crippen molar-refractivity contribution in [3.8, 4) is 0 Å². The smallest absolute Gasteiger partial charge is 0.0468 e. The first-order valence-electron chi connectivity index (χ1n) is 6.35. The van der Waals surface area contributed by atoms with Crippen LogP contribution in [-0.4, -0.2) is 7.05 Å². The van der Waals surface area contributed by atoms with Gasteiger partial charge in [0.25, 0.3) is 0 Å². The minimum Gasteiger partial charge on any atom is -0.313 e. The minimum atomic E-state index is 0.278. The van der Waals surface area contributed by atoms with Crippen LogP contribution in [0.4, 0.5) is 0 Å². The fourth-order valence-electron chi connectivity index (χ4n) is 3.34. The molecule has 0 amide bonds. The Balaban J connectivity index is 2.37. The highest BCUT2D eigenvalue weighted by atomic mass is 35.5. The highest BCUT2D eigenvalue weighted by Gasteiger charge is 2.67. The van der Waals surface area contributed by atoms with E-state index in [0.29, 0.717) is 21.8 Å². The Hall–Kier alpha value is -0.240. The average Bonchev–Trinajstić information content (AvgIpc) is 2.64. The van der Waals surface area contributed by atoms with E-state index < -0.39 is 0 Å². The van der Waals surface area contributed by atoms with Gasteiger partial charge in [-0.05, 0) is 41.5 Å². The predicted octanol–water partition coefficient (Wildman–Crippen LogP) is 4.94. The Bertz CT molecular complexity index is 452. The van der Waals surface area contributed by atoms with Gasteiger partial charge in [-0.3, -0.25) is 0 Å². The summed E-state index contributed by atoms with van der Waals surface area (Å²) >= 11 is 12.3. The number of rotatable bonds is 3. The van der Waals surface area contributed by atoms with E-state index in [1.807, 2.05) is 25.2 Å². The Morgan fingerprint density at radius 3 is 2.06 bits per heavy atom. The van der Waals surface area contributed by atoms with Gasteiger partial charge in [-0.15, -0.1) is 0 Å². The Labute approximate surface area is 120 Å². The zero-order valence-electron chi connectivity index (χ0n) is 11.6. The van der Waals surface area contributed by atoms with E-state index in [-0.39, 0.29) is 6.04 Å². The van der Waals surface area contributed by atoms with Crippen molar-refractivity contribution in [2.75, 3.05) is 7.05 Å². The Kier molecular flexibility index (Phi) is 3.46. The molecular formula is C15H21Cl2N. The van der Waals surface area contributed by atoms with E-state index in [1.165, 1.54) is 0 Å². The van der Waals surface area contributed by atoms with Crippen molar-refractivity contribution >= 4 is 23.2 Å². The monoisotopic (exact) mass is 285 g/mol. The maximum absolute atomic E-state index is 6.34. The summed E-state index contributed by atoms with van der Waals surface area (Å²) in [4.78, 5) is 0. The van der Waals surface area contributed by atoms with Gasteiger partial charge in [0.2, 0.25) is 0 Å². The average molecular weight is 286 g/mol. The van der Waals surface area contributed by atoms with Crippen LogP contribution in [-0.2, 0) is 0 Å². The quantitative estimate of drug-likeness (QED) is 0.830. The summed E-state index contributed by atoms with van der Waals surface area (Å²) < 4.78 is 0. The van der Waals surface area contributed by atoms with Crippen molar-refractivity contribution in [1.29, 1.82) is 0 Å². The SMILES string of the molecule is CNC(c1ccc(Cl)cc1Cl)C1C(C)(C)C1(C)C. The standard InChI is InChI=1S/C15H21Cl2N/c1-14(2)13(15(14,3)4)12(18-5)10-7-6-9(16)8-11(10)17/h6-8,12-13,18H,1-5H3. The number of hydrogen-bond donors (Lipinski definition) is 1. The van der Waals surface area contributed by atoms with Crippen LogP contribution >= 0.6 is 23.2 Å². The lowest BCUT2D eigenvalue weighted by Gasteiger charge is -2.20. The predicted molar refractivity (Wildman–Crippen MR) is 79.3 cm³/mol. The second-order valence-corrected chi connectivity index (χ2v) is 7.20. The fourth-order valence-corrected chi connectivity index (χ4v) is 3.86. The maximum atomic E-state index is 6.34. The van der Waals surface area contributed by atoms with Crippen molar-refractivity contribution in [2.24, 2.45) is 16.7 Å². The molecule has 3 heteroatoms. The van der Waals surface area contributed by atoms with Crippen molar-refractivity contribution in [3.05, 3.63) is 33.8 Å². The van der Waals surface area contributed by atoms with Gasteiger partial charge in [-0.1, -0.05) is 57.0 Å². The van der Waals surface area contributed by atoms with Crippen LogP contribution in [0, 0.1) is 16.7 Å². The molecule has 1 atom stereocenters. The summed E-state index contributed by atoms with van der Waals surface area (Å²) in [6, 6.07) is 6.05. The second kappa shape index (κ2) is 4.40. The molecule has 0 heterocycles. The highest BCUT2D eigenvalue weighted by molar-refractivity contribution is 6.35. The molecule has 18 heavy (non-hydrogen) atoms. The van der Waals surface area contributed by atoms with Crippen LogP contribution < -0.4 is 5.32 Å². The third kappa shape index (κ3) is 1.97. The maximum Gasteiger partial charge on any atom is 0.0468 e. The van der Waals surface area contributed by atoms with Crippen molar-refractivity contribution in [1.82, 2.24) is 5.32 Å². The normalized spacial score (nSPS) is 22.8. The van der Waals surface area contributed by atoms with Crippen LogP contribution in [0.5, 0.6) is 0 Å². The lowest BCUT2D eigenvalue weighted by atomic mass is 9.96. The lowest BCUT2D eigenvalue weighted by molar-refractivity contribution is 0.438. The summed E-state index contributed by atoms with van der Waals surface area (Å²) in [6.45, 7) is 9.30. The first-order valence-corrected chi connectivity index (χ1v) is 7.11. The summed E-state index contributed by atoms with van der Waals surface area (Å²) in [7, 11) is 2.00. The fraction of sp³-hybridized carbons (Fsp3) is 0.600. The molecule has 1 nitrogen and oxygen atoms in total. The van der Waals surface area contributed by atoms with E-state index in [4.69, 9.17) is 23.2 Å². The van der Waals surface area contributed by atoms with E-state index in [2.05, 4.69) is 33.0 Å². The topological polar surface area (TPSA) is 12.0 Å². The van der Waals surface area contributed by atoms with Crippen LogP contribution in [0.2, 0.25) is 10.0 Å². The van der Waals surface area contributed by atoms with Crippen molar-refractivity contribution in [3.63, 3.8) is 0 Å². The largest absolute Gasteiger partial charge is 0.313 e. The summed E-state index contributed by atoms with van der Waals surface area (Å²) in [6.07, 6.45) is 0. The Morgan fingerprint density at radius 1 is 1.11 bits per heavy atom. The molecule has 1 aliphatic carbocycles. The van der Waals surface area contributed by atoms with Gasteiger partial charge in [-0.2, -0.15) is 0 Å². The summed E-state index contributed by atoms with van der Waals surface area (Å²) in [5.74, 6) is 0.577. The molecule has 0 aromatic heterocycles. The number of benzene rings is 1. The molecule has 1 N–H and O–H groups in total. The molecular weight excluding hydrogens is 265 g/mol. The molecule has 1 aromatic rings. The van der Waals surface area contributed by atoms with Crippen molar-refractivity contribution < 1.29 is 0 Å². The molecule has 0 saturated heterocycles. The van der Waals surface area contributed by atoms with E-state index in [1.54, 1.807) is 0 Å². The van der Waals surface area contributed by atoms with Crippen LogP contribution in [0.15, 0.2) is 18.2 Å². The molecule has 1 saturated carbocycles.